The number of rotatable bonds is 7. The van der Waals surface area contributed by atoms with Gasteiger partial charge < -0.3 is 15.0 Å². The van der Waals surface area contributed by atoms with Crippen molar-refractivity contribution < 1.29 is 14.3 Å². The molecule has 1 aliphatic rings. The number of carbonyl (C=O) groups excluding carboxylic acids is 2. The zero-order valence-electron chi connectivity index (χ0n) is 18.0. The van der Waals surface area contributed by atoms with Crippen molar-refractivity contribution in [3.8, 4) is 0 Å². The van der Waals surface area contributed by atoms with E-state index in [0.29, 0.717) is 16.9 Å². The van der Waals surface area contributed by atoms with Gasteiger partial charge >= 0.3 is 5.97 Å². The predicted molar refractivity (Wildman–Crippen MR) is 128 cm³/mol. The van der Waals surface area contributed by atoms with Crippen molar-refractivity contribution in [1.82, 2.24) is 15.0 Å². The smallest absolute Gasteiger partial charge is 0.340 e. The Morgan fingerprint density at radius 3 is 2.81 bits per heavy atom. The molecule has 3 aromatic rings. The van der Waals surface area contributed by atoms with Crippen LogP contribution in [0.2, 0.25) is 0 Å². The number of hydrogen-bond donors (Lipinski definition) is 1. The summed E-state index contributed by atoms with van der Waals surface area (Å²) in [5, 5.41) is 4.50. The van der Waals surface area contributed by atoms with Gasteiger partial charge in [-0.15, -0.1) is 0 Å². The maximum atomic E-state index is 12.6. The van der Waals surface area contributed by atoms with E-state index in [-0.39, 0.29) is 18.3 Å². The minimum atomic E-state index is -0.460. The molecule has 4 rings (SSSR count). The van der Waals surface area contributed by atoms with Crippen LogP contribution in [0.1, 0.15) is 37.0 Å². The van der Waals surface area contributed by atoms with E-state index in [1.54, 1.807) is 42.5 Å². The van der Waals surface area contributed by atoms with Gasteiger partial charge in [-0.2, -0.15) is 4.98 Å². The first kappa shape index (κ1) is 22.5. The number of aromatic nitrogens is 3. The normalized spacial score (nSPS) is 14.5. The average Bonchev–Trinajstić information content (AvgIpc) is 3.23. The summed E-state index contributed by atoms with van der Waals surface area (Å²) in [6.07, 6.45) is 3.81. The summed E-state index contributed by atoms with van der Waals surface area (Å²) in [6, 6.07) is 6.82. The first-order chi connectivity index (χ1) is 15.5. The lowest BCUT2D eigenvalue weighted by atomic mass is 10.00. The topological polar surface area (TPSA) is 97.3 Å². The lowest BCUT2D eigenvalue weighted by Gasteiger charge is -2.29. The van der Waals surface area contributed by atoms with E-state index in [2.05, 4.69) is 27.1 Å². The summed E-state index contributed by atoms with van der Waals surface area (Å²) >= 11 is 2.91. The SMILES string of the molecule is CCOC(=O)c1ccccc1NC(=O)CSc1ncnc2nc(N3CCC(C)CC3)sc12. The van der Waals surface area contributed by atoms with Gasteiger partial charge in [0.15, 0.2) is 10.8 Å². The van der Waals surface area contributed by atoms with E-state index in [1.165, 1.54) is 18.1 Å². The molecule has 3 heterocycles. The number of ether oxygens (including phenoxy) is 1. The van der Waals surface area contributed by atoms with Gasteiger partial charge in [0, 0.05) is 13.1 Å². The zero-order chi connectivity index (χ0) is 22.5. The number of thiazole rings is 1. The largest absolute Gasteiger partial charge is 0.462 e. The summed E-state index contributed by atoms with van der Waals surface area (Å²) in [5.41, 5.74) is 1.43. The van der Waals surface area contributed by atoms with Gasteiger partial charge in [0.2, 0.25) is 5.91 Å². The summed E-state index contributed by atoms with van der Waals surface area (Å²) in [6.45, 7) is 6.30. The van der Waals surface area contributed by atoms with Crippen molar-refractivity contribution in [3.63, 3.8) is 0 Å². The lowest BCUT2D eigenvalue weighted by molar-refractivity contribution is -0.113. The molecule has 1 aromatic carbocycles. The summed E-state index contributed by atoms with van der Waals surface area (Å²) in [4.78, 5) is 40.4. The van der Waals surface area contributed by atoms with Gasteiger partial charge in [-0.25, -0.2) is 14.8 Å². The van der Waals surface area contributed by atoms with Gasteiger partial charge in [-0.3, -0.25) is 4.79 Å². The summed E-state index contributed by atoms with van der Waals surface area (Å²) in [5.74, 6) is 0.211. The van der Waals surface area contributed by atoms with Gasteiger partial charge in [0.05, 0.1) is 23.6 Å². The Morgan fingerprint density at radius 1 is 1.25 bits per heavy atom. The number of piperidine rings is 1. The fraction of sp³-hybridized carbons (Fsp3) is 0.409. The molecule has 0 spiro atoms. The van der Waals surface area contributed by atoms with E-state index in [4.69, 9.17) is 9.72 Å². The molecule has 0 atom stereocenters. The number of anilines is 2. The number of carbonyl (C=O) groups is 2. The van der Waals surface area contributed by atoms with E-state index in [1.807, 2.05) is 0 Å². The molecule has 168 valence electrons. The van der Waals surface area contributed by atoms with Gasteiger partial charge in [-0.1, -0.05) is 42.2 Å². The number of thioether (sulfide) groups is 1. The van der Waals surface area contributed by atoms with Crippen LogP contribution in [0.25, 0.3) is 10.3 Å². The number of esters is 1. The highest BCUT2D eigenvalue weighted by Crippen LogP contribution is 2.35. The number of hydrogen-bond acceptors (Lipinski definition) is 9. The molecule has 1 fully saturated rings. The third kappa shape index (κ3) is 5.18. The maximum Gasteiger partial charge on any atom is 0.340 e. The number of nitrogens with one attached hydrogen (secondary N) is 1. The Hall–Kier alpha value is -2.72. The van der Waals surface area contributed by atoms with Crippen LogP contribution in [0.15, 0.2) is 35.6 Å². The molecule has 0 bridgehead atoms. The molecule has 1 amide bonds. The van der Waals surface area contributed by atoms with Crippen LogP contribution < -0.4 is 10.2 Å². The molecule has 32 heavy (non-hydrogen) atoms. The molecule has 0 radical (unpaired) electrons. The number of nitrogens with zero attached hydrogens (tertiary/aromatic N) is 4. The molecule has 0 saturated carbocycles. The van der Waals surface area contributed by atoms with Crippen LogP contribution in [0.4, 0.5) is 10.8 Å². The Balaban J connectivity index is 1.43. The van der Waals surface area contributed by atoms with Gasteiger partial charge in [0.25, 0.3) is 0 Å². The Morgan fingerprint density at radius 2 is 2.03 bits per heavy atom. The molecular weight excluding hydrogens is 446 g/mol. The van der Waals surface area contributed by atoms with Crippen molar-refractivity contribution in [2.24, 2.45) is 5.92 Å². The lowest BCUT2D eigenvalue weighted by Crippen LogP contribution is -2.32. The minimum Gasteiger partial charge on any atom is -0.462 e. The first-order valence-electron chi connectivity index (χ1n) is 10.6. The Labute approximate surface area is 194 Å². The van der Waals surface area contributed by atoms with Crippen molar-refractivity contribution >= 4 is 56.1 Å². The Kier molecular flexibility index (Phi) is 7.21. The summed E-state index contributed by atoms with van der Waals surface area (Å²) in [7, 11) is 0. The summed E-state index contributed by atoms with van der Waals surface area (Å²) < 4.78 is 5.96. The van der Waals surface area contributed by atoms with Crippen LogP contribution in [-0.4, -0.2) is 52.3 Å². The monoisotopic (exact) mass is 471 g/mol. The molecule has 0 aliphatic carbocycles. The van der Waals surface area contributed by atoms with Crippen LogP contribution in [0.3, 0.4) is 0 Å². The molecule has 10 heteroatoms. The zero-order valence-corrected chi connectivity index (χ0v) is 19.7. The number of amides is 1. The van der Waals surface area contributed by atoms with Crippen molar-refractivity contribution in [2.75, 3.05) is 35.7 Å². The fourth-order valence-corrected chi connectivity index (χ4v) is 5.40. The third-order valence-corrected chi connectivity index (χ3v) is 7.47. The standard InChI is InChI=1S/C22H25N5O3S2/c1-3-30-21(29)15-6-4-5-7-16(15)25-17(28)12-31-20-18-19(23-13-24-20)26-22(32-18)27-10-8-14(2)9-11-27/h4-7,13-14H,3,8-12H2,1-2H3,(H,25,28). The fourth-order valence-electron chi connectivity index (χ4n) is 3.46. The molecule has 0 unspecified atom stereocenters. The molecule has 2 aromatic heterocycles. The quantitative estimate of drug-likeness (QED) is 0.311. The van der Waals surface area contributed by atoms with E-state index in [0.717, 1.165) is 46.7 Å². The number of para-hydroxylation sites is 1. The molecular formula is C22H25N5O3S2. The molecule has 1 saturated heterocycles. The van der Waals surface area contributed by atoms with E-state index < -0.39 is 5.97 Å². The van der Waals surface area contributed by atoms with Crippen LogP contribution >= 0.6 is 23.1 Å². The molecule has 8 nitrogen and oxygen atoms in total. The average molecular weight is 472 g/mol. The van der Waals surface area contributed by atoms with Crippen LogP contribution in [0.5, 0.6) is 0 Å². The second-order valence-corrected chi connectivity index (χ2v) is 9.54. The highest BCUT2D eigenvalue weighted by Gasteiger charge is 2.21. The van der Waals surface area contributed by atoms with E-state index >= 15 is 0 Å². The van der Waals surface area contributed by atoms with E-state index in [9.17, 15) is 9.59 Å². The maximum absolute atomic E-state index is 12.6. The number of fused-ring (bicyclic) bond motifs is 1. The van der Waals surface area contributed by atoms with Crippen molar-refractivity contribution in [1.29, 1.82) is 0 Å². The van der Waals surface area contributed by atoms with Gasteiger partial charge in [-0.05, 0) is 37.8 Å². The highest BCUT2D eigenvalue weighted by atomic mass is 32.2. The van der Waals surface area contributed by atoms with Crippen LogP contribution in [0, 0.1) is 5.92 Å². The van der Waals surface area contributed by atoms with Crippen molar-refractivity contribution in [2.45, 2.75) is 31.7 Å². The third-order valence-electron chi connectivity index (χ3n) is 5.24. The Bertz CT molecular complexity index is 1110. The van der Waals surface area contributed by atoms with Crippen LogP contribution in [-0.2, 0) is 9.53 Å². The minimum absolute atomic E-state index is 0.151. The second-order valence-electron chi connectivity index (χ2n) is 7.60. The highest BCUT2D eigenvalue weighted by molar-refractivity contribution is 8.00. The first-order valence-corrected chi connectivity index (χ1v) is 12.4. The molecule has 1 aliphatic heterocycles. The van der Waals surface area contributed by atoms with Crippen molar-refractivity contribution in [3.05, 3.63) is 36.2 Å². The predicted octanol–water partition coefficient (Wildman–Crippen LogP) is 4.23. The van der Waals surface area contributed by atoms with Gasteiger partial charge in [0.1, 0.15) is 16.1 Å². The second kappa shape index (κ2) is 10.3. The number of benzene rings is 1. The molecule has 1 N–H and O–H groups in total.